The van der Waals surface area contributed by atoms with Crippen LogP contribution in [0.4, 0.5) is 0 Å². The van der Waals surface area contributed by atoms with Crippen molar-refractivity contribution in [2.45, 2.75) is 45.4 Å². The molecule has 21 heavy (non-hydrogen) atoms. The van der Waals surface area contributed by atoms with Crippen LogP contribution in [-0.2, 0) is 4.79 Å². The number of hydrogen-bond acceptors (Lipinski definition) is 3. The van der Waals surface area contributed by atoms with Gasteiger partial charge in [-0.2, -0.15) is 11.8 Å². The van der Waals surface area contributed by atoms with Crippen LogP contribution in [0.15, 0.2) is 24.3 Å². The van der Waals surface area contributed by atoms with Crippen molar-refractivity contribution < 1.29 is 4.79 Å². The Balaban J connectivity index is 2.23. The van der Waals surface area contributed by atoms with Crippen LogP contribution < -0.4 is 5.32 Å². The molecular weight excluding hydrogens is 304 g/mol. The first-order valence-corrected chi connectivity index (χ1v) is 9.03. The molecule has 1 heterocycles. The first-order chi connectivity index (χ1) is 10.1. The third-order valence-corrected chi connectivity index (χ3v) is 5.20. The van der Waals surface area contributed by atoms with Gasteiger partial charge in [0.05, 0.1) is 6.04 Å². The third kappa shape index (κ3) is 3.74. The molecule has 2 rings (SSSR count). The largest absolute Gasteiger partial charge is 0.318 e. The van der Waals surface area contributed by atoms with Crippen molar-refractivity contribution in [3.05, 3.63) is 34.9 Å². The number of hydrogen-bond donors (Lipinski definition) is 1. The summed E-state index contributed by atoms with van der Waals surface area (Å²) in [6.07, 6.45) is 0.764. The number of amides is 1. The zero-order valence-electron chi connectivity index (χ0n) is 12.8. The maximum atomic E-state index is 12.6. The minimum Gasteiger partial charge on any atom is -0.318 e. The lowest BCUT2D eigenvalue weighted by molar-refractivity contribution is -0.131. The molecule has 5 heteroatoms. The Kier molecular flexibility index (Phi) is 5.97. The first kappa shape index (κ1) is 16.7. The van der Waals surface area contributed by atoms with Gasteiger partial charge in [-0.05, 0) is 36.8 Å². The van der Waals surface area contributed by atoms with E-state index in [0.717, 1.165) is 28.5 Å². The molecule has 3 atom stereocenters. The number of halogens is 1. The third-order valence-electron chi connectivity index (χ3n) is 3.82. The van der Waals surface area contributed by atoms with Crippen LogP contribution in [0.5, 0.6) is 0 Å². The van der Waals surface area contributed by atoms with Crippen LogP contribution in [0.25, 0.3) is 0 Å². The van der Waals surface area contributed by atoms with Crippen LogP contribution in [0.2, 0.25) is 5.02 Å². The van der Waals surface area contributed by atoms with Gasteiger partial charge in [-0.15, -0.1) is 0 Å². The van der Waals surface area contributed by atoms with Gasteiger partial charge < -0.3 is 4.90 Å². The molecular formula is C16H23ClN2OS. The summed E-state index contributed by atoms with van der Waals surface area (Å²) in [5.74, 6) is 2.24. The fraction of sp³-hybridized carbons (Fsp3) is 0.562. The number of thioether (sulfide) groups is 1. The highest BCUT2D eigenvalue weighted by atomic mass is 35.5. The number of carbonyl (C=O) groups excluding carboxylic acids is 1. The van der Waals surface area contributed by atoms with Gasteiger partial charge in [0.25, 0.3) is 0 Å². The summed E-state index contributed by atoms with van der Waals surface area (Å²) in [4.78, 5) is 14.6. The summed E-state index contributed by atoms with van der Waals surface area (Å²) < 4.78 is 0. The Morgan fingerprint density at radius 2 is 2.00 bits per heavy atom. The van der Waals surface area contributed by atoms with E-state index in [1.54, 1.807) is 0 Å². The Morgan fingerprint density at radius 3 is 2.57 bits per heavy atom. The molecule has 3 nitrogen and oxygen atoms in total. The maximum Gasteiger partial charge on any atom is 0.241 e. The standard InChI is InChI=1S/C16H23ClN2OS/c1-4-14-16(20)19(11(3)10-21-5-2)15(18-14)12-6-8-13(17)9-7-12/h6-9,11,14-15,18H,4-5,10H2,1-3H3. The summed E-state index contributed by atoms with van der Waals surface area (Å²) in [6, 6.07) is 7.89. The fourth-order valence-electron chi connectivity index (χ4n) is 2.68. The number of nitrogens with one attached hydrogen (secondary N) is 1. The van der Waals surface area contributed by atoms with E-state index in [1.165, 1.54) is 0 Å². The second-order valence-corrected chi connectivity index (χ2v) is 7.09. The average Bonchev–Trinajstić information content (AvgIpc) is 2.82. The molecule has 0 saturated carbocycles. The van der Waals surface area contributed by atoms with Gasteiger partial charge in [0.1, 0.15) is 6.17 Å². The summed E-state index contributed by atoms with van der Waals surface area (Å²) in [5, 5.41) is 4.18. The van der Waals surface area contributed by atoms with Crippen molar-refractivity contribution in [2.75, 3.05) is 11.5 Å². The summed E-state index contributed by atoms with van der Waals surface area (Å²) >= 11 is 7.84. The Labute approximate surface area is 136 Å². The van der Waals surface area contributed by atoms with Crippen LogP contribution >= 0.6 is 23.4 Å². The Bertz CT molecular complexity index is 480. The molecule has 0 bridgehead atoms. The SMILES string of the molecule is CCSCC(C)N1C(=O)C(CC)NC1c1ccc(Cl)cc1. The zero-order valence-corrected chi connectivity index (χ0v) is 14.4. The molecule has 0 radical (unpaired) electrons. The van der Waals surface area contributed by atoms with Crippen molar-refractivity contribution in [3.63, 3.8) is 0 Å². The normalized spacial score (nSPS) is 23.6. The lowest BCUT2D eigenvalue weighted by Gasteiger charge is -2.30. The van der Waals surface area contributed by atoms with E-state index in [2.05, 4.69) is 19.2 Å². The van der Waals surface area contributed by atoms with Gasteiger partial charge in [0, 0.05) is 16.8 Å². The average molecular weight is 327 g/mol. The van der Waals surface area contributed by atoms with Crippen LogP contribution in [0.3, 0.4) is 0 Å². The molecule has 1 aliphatic heterocycles. The van der Waals surface area contributed by atoms with Crippen molar-refractivity contribution in [2.24, 2.45) is 0 Å². The maximum absolute atomic E-state index is 12.6. The number of rotatable bonds is 6. The topological polar surface area (TPSA) is 32.3 Å². The lowest BCUT2D eigenvalue weighted by Crippen LogP contribution is -2.40. The molecule has 1 saturated heterocycles. The molecule has 1 N–H and O–H groups in total. The van der Waals surface area contributed by atoms with Gasteiger partial charge in [-0.25, -0.2) is 0 Å². The van der Waals surface area contributed by atoms with Gasteiger partial charge in [0.2, 0.25) is 5.91 Å². The van der Waals surface area contributed by atoms with Crippen molar-refractivity contribution in [1.29, 1.82) is 0 Å². The summed E-state index contributed by atoms with van der Waals surface area (Å²) in [6.45, 7) is 6.32. The highest BCUT2D eigenvalue weighted by Gasteiger charge is 2.40. The van der Waals surface area contributed by atoms with E-state index >= 15 is 0 Å². The van der Waals surface area contributed by atoms with Crippen molar-refractivity contribution >= 4 is 29.3 Å². The van der Waals surface area contributed by atoms with Crippen LogP contribution in [0.1, 0.15) is 38.9 Å². The zero-order chi connectivity index (χ0) is 15.4. The first-order valence-electron chi connectivity index (χ1n) is 7.49. The van der Waals surface area contributed by atoms with E-state index in [4.69, 9.17) is 11.6 Å². The second-order valence-electron chi connectivity index (χ2n) is 5.34. The highest BCUT2D eigenvalue weighted by molar-refractivity contribution is 7.99. The smallest absolute Gasteiger partial charge is 0.241 e. The molecule has 1 aromatic rings. The van der Waals surface area contributed by atoms with E-state index in [-0.39, 0.29) is 24.2 Å². The molecule has 1 aliphatic rings. The van der Waals surface area contributed by atoms with Gasteiger partial charge >= 0.3 is 0 Å². The van der Waals surface area contributed by atoms with Gasteiger partial charge in [-0.1, -0.05) is 37.6 Å². The summed E-state index contributed by atoms with van der Waals surface area (Å²) in [5.41, 5.74) is 1.09. The van der Waals surface area contributed by atoms with E-state index in [9.17, 15) is 4.79 Å². The highest BCUT2D eigenvalue weighted by Crippen LogP contribution is 2.30. The Hall–Kier alpha value is -0.710. The molecule has 3 unspecified atom stereocenters. The van der Waals surface area contributed by atoms with Crippen molar-refractivity contribution in [3.8, 4) is 0 Å². The molecule has 0 aliphatic carbocycles. The number of carbonyl (C=O) groups is 1. The van der Waals surface area contributed by atoms with Gasteiger partial charge in [-0.3, -0.25) is 10.1 Å². The fourth-order valence-corrected chi connectivity index (χ4v) is 3.55. The van der Waals surface area contributed by atoms with E-state index in [1.807, 2.05) is 47.9 Å². The minimum absolute atomic E-state index is 0.0489. The van der Waals surface area contributed by atoms with Crippen LogP contribution in [0, 0.1) is 0 Å². The lowest BCUT2D eigenvalue weighted by atomic mass is 10.1. The summed E-state index contributed by atoms with van der Waals surface area (Å²) in [7, 11) is 0. The monoisotopic (exact) mass is 326 g/mol. The predicted octanol–water partition coefficient (Wildman–Crippen LogP) is 3.69. The van der Waals surface area contributed by atoms with Crippen LogP contribution in [-0.4, -0.2) is 34.4 Å². The van der Waals surface area contributed by atoms with Gasteiger partial charge in [0.15, 0.2) is 0 Å². The Morgan fingerprint density at radius 1 is 1.33 bits per heavy atom. The quantitative estimate of drug-likeness (QED) is 0.865. The van der Waals surface area contributed by atoms with Crippen molar-refractivity contribution in [1.82, 2.24) is 10.2 Å². The molecule has 116 valence electrons. The predicted molar refractivity (Wildman–Crippen MR) is 90.7 cm³/mol. The van der Waals surface area contributed by atoms with E-state index < -0.39 is 0 Å². The molecule has 1 fully saturated rings. The molecule has 0 aromatic heterocycles. The van der Waals surface area contributed by atoms with E-state index in [0.29, 0.717) is 0 Å². The second kappa shape index (κ2) is 7.52. The molecule has 1 aromatic carbocycles. The number of nitrogens with zero attached hydrogens (tertiary/aromatic N) is 1. The minimum atomic E-state index is -0.0836. The molecule has 0 spiro atoms. The number of benzene rings is 1. The molecule has 1 amide bonds.